The number of nitrogens with zero attached hydrogens (tertiary/aromatic N) is 1. The second-order valence-electron chi connectivity index (χ2n) is 8.14. The van der Waals surface area contributed by atoms with Gasteiger partial charge in [-0.05, 0) is 56.0 Å². The third-order valence-corrected chi connectivity index (χ3v) is 4.65. The van der Waals surface area contributed by atoms with Gasteiger partial charge in [-0.15, -0.1) is 0 Å². The molecule has 0 fully saturated rings. The lowest BCUT2D eigenvalue weighted by Gasteiger charge is -2.23. The highest BCUT2D eigenvalue weighted by Gasteiger charge is 2.19. The predicted octanol–water partition coefficient (Wildman–Crippen LogP) is 5.12. The van der Waals surface area contributed by atoms with Gasteiger partial charge in [0.05, 0.1) is 6.61 Å². The number of halogens is 1. The summed E-state index contributed by atoms with van der Waals surface area (Å²) >= 11 is 0. The fraction of sp³-hybridized carbons (Fsp3) is 0.727. The van der Waals surface area contributed by atoms with E-state index in [-0.39, 0.29) is 11.2 Å². The van der Waals surface area contributed by atoms with Gasteiger partial charge in [-0.3, -0.25) is 0 Å². The zero-order valence-corrected chi connectivity index (χ0v) is 17.3. The van der Waals surface area contributed by atoms with Crippen LogP contribution in [0.15, 0.2) is 18.2 Å². The van der Waals surface area contributed by atoms with Gasteiger partial charge in [0.15, 0.2) is 0 Å². The molecule has 150 valence electrons. The van der Waals surface area contributed by atoms with Crippen molar-refractivity contribution in [3.8, 4) is 5.75 Å². The maximum absolute atomic E-state index is 13.5. The van der Waals surface area contributed by atoms with Crippen LogP contribution in [0.1, 0.15) is 71.8 Å². The van der Waals surface area contributed by atoms with E-state index >= 15 is 0 Å². The Bertz CT molecular complexity index is 499. The fourth-order valence-corrected chi connectivity index (χ4v) is 3.09. The summed E-state index contributed by atoms with van der Waals surface area (Å²) in [7, 11) is 0. The SMILES string of the molecule is CCCCN(CCN)CCCCCCOc1ccc(F)cc1C(C)(C)C. The second-order valence-corrected chi connectivity index (χ2v) is 8.14. The van der Waals surface area contributed by atoms with Gasteiger partial charge in [-0.2, -0.15) is 0 Å². The van der Waals surface area contributed by atoms with Gasteiger partial charge in [0.1, 0.15) is 11.6 Å². The van der Waals surface area contributed by atoms with Crippen LogP contribution in [-0.2, 0) is 5.41 Å². The molecular formula is C22H39FN2O. The summed E-state index contributed by atoms with van der Waals surface area (Å²) in [6.45, 7) is 13.2. The maximum Gasteiger partial charge on any atom is 0.123 e. The number of hydrogen-bond donors (Lipinski definition) is 1. The molecule has 0 aliphatic rings. The molecule has 26 heavy (non-hydrogen) atoms. The minimum atomic E-state index is -0.201. The van der Waals surface area contributed by atoms with E-state index in [4.69, 9.17) is 10.5 Å². The molecular weight excluding hydrogens is 327 g/mol. The molecule has 1 aromatic carbocycles. The molecule has 0 saturated carbocycles. The fourth-order valence-electron chi connectivity index (χ4n) is 3.09. The van der Waals surface area contributed by atoms with Crippen LogP contribution in [0.3, 0.4) is 0 Å². The number of benzene rings is 1. The van der Waals surface area contributed by atoms with Crippen molar-refractivity contribution in [1.29, 1.82) is 0 Å². The average molecular weight is 367 g/mol. The molecule has 0 heterocycles. The van der Waals surface area contributed by atoms with Crippen LogP contribution in [0.2, 0.25) is 0 Å². The average Bonchev–Trinajstić information content (AvgIpc) is 2.58. The van der Waals surface area contributed by atoms with Crippen LogP contribution in [-0.4, -0.2) is 37.7 Å². The highest BCUT2D eigenvalue weighted by Crippen LogP contribution is 2.32. The van der Waals surface area contributed by atoms with E-state index in [9.17, 15) is 4.39 Å². The molecule has 3 nitrogen and oxygen atoms in total. The molecule has 0 bridgehead atoms. The third-order valence-electron chi connectivity index (χ3n) is 4.65. The molecule has 0 radical (unpaired) electrons. The van der Waals surface area contributed by atoms with Crippen molar-refractivity contribution in [2.24, 2.45) is 5.73 Å². The molecule has 1 aromatic rings. The minimum absolute atomic E-state index is 0.123. The normalized spacial score (nSPS) is 12.0. The van der Waals surface area contributed by atoms with Crippen LogP contribution >= 0.6 is 0 Å². The van der Waals surface area contributed by atoms with Gasteiger partial charge < -0.3 is 15.4 Å². The summed E-state index contributed by atoms with van der Waals surface area (Å²) in [5.74, 6) is 0.611. The quantitative estimate of drug-likeness (QED) is 0.492. The topological polar surface area (TPSA) is 38.5 Å². The second kappa shape index (κ2) is 12.3. The summed E-state index contributed by atoms with van der Waals surface area (Å²) in [4.78, 5) is 2.48. The molecule has 0 amide bonds. The van der Waals surface area contributed by atoms with Crippen molar-refractivity contribution >= 4 is 0 Å². The summed E-state index contributed by atoms with van der Waals surface area (Å²) < 4.78 is 19.5. The number of nitrogens with two attached hydrogens (primary N) is 1. The van der Waals surface area contributed by atoms with Gasteiger partial charge in [0, 0.05) is 18.7 Å². The van der Waals surface area contributed by atoms with Crippen LogP contribution in [0.4, 0.5) is 4.39 Å². The first-order valence-corrected chi connectivity index (χ1v) is 10.2. The molecule has 2 N–H and O–H groups in total. The van der Waals surface area contributed by atoms with E-state index < -0.39 is 0 Å². The Morgan fingerprint density at radius 1 is 1.00 bits per heavy atom. The van der Waals surface area contributed by atoms with Gasteiger partial charge in [0.2, 0.25) is 0 Å². The van der Waals surface area contributed by atoms with E-state index in [1.807, 2.05) is 0 Å². The highest BCUT2D eigenvalue weighted by atomic mass is 19.1. The number of unbranched alkanes of at least 4 members (excludes halogenated alkanes) is 4. The number of hydrogen-bond acceptors (Lipinski definition) is 3. The smallest absolute Gasteiger partial charge is 0.123 e. The predicted molar refractivity (Wildman–Crippen MR) is 109 cm³/mol. The van der Waals surface area contributed by atoms with Gasteiger partial charge in [0.25, 0.3) is 0 Å². The van der Waals surface area contributed by atoms with Crippen molar-refractivity contribution in [1.82, 2.24) is 4.90 Å². The maximum atomic E-state index is 13.5. The molecule has 0 spiro atoms. The summed E-state index contributed by atoms with van der Waals surface area (Å²) in [5, 5.41) is 0. The monoisotopic (exact) mass is 366 g/mol. The van der Waals surface area contributed by atoms with Crippen LogP contribution < -0.4 is 10.5 Å². The van der Waals surface area contributed by atoms with Gasteiger partial charge in [-0.1, -0.05) is 47.0 Å². The summed E-state index contributed by atoms with van der Waals surface area (Å²) in [5.41, 5.74) is 6.51. The molecule has 1 rings (SSSR count). The van der Waals surface area contributed by atoms with Gasteiger partial charge in [-0.25, -0.2) is 4.39 Å². The molecule has 0 unspecified atom stereocenters. The molecule has 0 saturated heterocycles. The third kappa shape index (κ3) is 9.00. The lowest BCUT2D eigenvalue weighted by atomic mass is 9.86. The van der Waals surface area contributed by atoms with E-state index in [1.54, 1.807) is 12.1 Å². The van der Waals surface area contributed by atoms with E-state index in [0.717, 1.165) is 50.3 Å². The first-order chi connectivity index (χ1) is 12.4. The largest absolute Gasteiger partial charge is 0.493 e. The molecule has 0 aliphatic carbocycles. The number of rotatable bonds is 13. The Morgan fingerprint density at radius 3 is 2.35 bits per heavy atom. The Labute approximate surface area is 160 Å². The van der Waals surface area contributed by atoms with Crippen molar-refractivity contribution in [2.45, 2.75) is 71.6 Å². The van der Waals surface area contributed by atoms with E-state index in [2.05, 4.69) is 32.6 Å². The standard InChI is InChI=1S/C22H39FN2O/c1-5-6-14-25(16-13-24)15-9-7-8-10-17-26-21-12-11-19(23)18-20(21)22(2,3)4/h11-12,18H,5-10,13-17,24H2,1-4H3. The van der Waals surface area contributed by atoms with Crippen molar-refractivity contribution < 1.29 is 9.13 Å². The van der Waals surface area contributed by atoms with Crippen LogP contribution in [0.5, 0.6) is 5.75 Å². The van der Waals surface area contributed by atoms with Crippen LogP contribution in [0.25, 0.3) is 0 Å². The molecule has 0 aromatic heterocycles. The molecule has 0 atom stereocenters. The molecule has 4 heteroatoms. The summed E-state index contributed by atoms with van der Waals surface area (Å²) in [6.07, 6.45) is 7.11. The lowest BCUT2D eigenvalue weighted by Crippen LogP contribution is -2.31. The van der Waals surface area contributed by atoms with Crippen molar-refractivity contribution in [2.75, 3.05) is 32.8 Å². The minimum Gasteiger partial charge on any atom is -0.493 e. The Morgan fingerprint density at radius 2 is 1.69 bits per heavy atom. The Hall–Kier alpha value is -1.13. The molecule has 0 aliphatic heterocycles. The van der Waals surface area contributed by atoms with Gasteiger partial charge >= 0.3 is 0 Å². The zero-order valence-electron chi connectivity index (χ0n) is 17.3. The first-order valence-electron chi connectivity index (χ1n) is 10.2. The highest BCUT2D eigenvalue weighted by molar-refractivity contribution is 5.38. The number of ether oxygens (including phenoxy) is 1. The Kier molecular flexibility index (Phi) is 10.8. The first kappa shape index (κ1) is 22.9. The van der Waals surface area contributed by atoms with E-state index in [1.165, 1.54) is 31.7 Å². The van der Waals surface area contributed by atoms with Crippen molar-refractivity contribution in [3.05, 3.63) is 29.6 Å². The lowest BCUT2D eigenvalue weighted by molar-refractivity contribution is 0.264. The zero-order chi connectivity index (χ0) is 19.4. The van der Waals surface area contributed by atoms with Crippen molar-refractivity contribution in [3.63, 3.8) is 0 Å². The van der Waals surface area contributed by atoms with E-state index in [0.29, 0.717) is 6.61 Å². The van der Waals surface area contributed by atoms with Crippen LogP contribution in [0, 0.1) is 5.82 Å². The summed E-state index contributed by atoms with van der Waals surface area (Å²) in [6, 6.07) is 4.83. The Balaban J connectivity index is 2.27.